The quantitative estimate of drug-likeness (QED) is 0.810. The summed E-state index contributed by atoms with van der Waals surface area (Å²) < 4.78 is 14.7. The fourth-order valence-electron chi connectivity index (χ4n) is 1.80. The van der Waals surface area contributed by atoms with Crippen molar-refractivity contribution >= 4 is 27.5 Å². The molecule has 0 saturated heterocycles. The van der Waals surface area contributed by atoms with Gasteiger partial charge in [-0.05, 0) is 46.2 Å². The van der Waals surface area contributed by atoms with E-state index >= 15 is 0 Å². The van der Waals surface area contributed by atoms with Gasteiger partial charge in [0.15, 0.2) is 5.82 Å². The molecule has 2 rings (SSSR count). The van der Waals surface area contributed by atoms with E-state index in [0.29, 0.717) is 10.0 Å². The van der Waals surface area contributed by atoms with Crippen LogP contribution in [0.15, 0.2) is 40.9 Å². The van der Waals surface area contributed by atoms with Crippen molar-refractivity contribution in [1.82, 2.24) is 5.32 Å². The molecule has 0 amide bonds. The lowest BCUT2D eigenvalue weighted by Gasteiger charge is -2.08. The van der Waals surface area contributed by atoms with E-state index in [9.17, 15) is 4.39 Å². The van der Waals surface area contributed by atoms with E-state index in [-0.39, 0.29) is 5.02 Å². The van der Waals surface area contributed by atoms with Gasteiger partial charge in [0.2, 0.25) is 0 Å². The minimum absolute atomic E-state index is 0.117. The minimum atomic E-state index is -0.396. The molecule has 2 aromatic carbocycles. The van der Waals surface area contributed by atoms with Crippen LogP contribution in [-0.2, 0) is 6.54 Å². The molecule has 0 unspecified atom stereocenters. The molecule has 0 saturated carbocycles. The van der Waals surface area contributed by atoms with E-state index in [4.69, 9.17) is 11.6 Å². The molecular weight excluding hydrogens is 317 g/mol. The molecule has 1 nitrogen and oxygen atoms in total. The van der Waals surface area contributed by atoms with Gasteiger partial charge in [-0.15, -0.1) is 0 Å². The second-order valence-corrected chi connectivity index (χ2v) is 5.19. The molecule has 0 bridgehead atoms. The maximum absolute atomic E-state index is 14.1. The van der Waals surface area contributed by atoms with Crippen molar-refractivity contribution in [2.45, 2.75) is 6.54 Å². The average molecular weight is 329 g/mol. The first-order chi connectivity index (χ1) is 8.63. The molecule has 0 spiro atoms. The van der Waals surface area contributed by atoms with Crippen molar-refractivity contribution in [3.8, 4) is 11.1 Å². The first-order valence-corrected chi connectivity index (χ1v) is 6.68. The third-order valence-corrected chi connectivity index (χ3v) is 3.91. The van der Waals surface area contributed by atoms with Gasteiger partial charge in [0, 0.05) is 16.6 Å². The minimum Gasteiger partial charge on any atom is -0.316 e. The van der Waals surface area contributed by atoms with Crippen molar-refractivity contribution in [3.63, 3.8) is 0 Å². The van der Waals surface area contributed by atoms with Crippen molar-refractivity contribution in [2.75, 3.05) is 7.05 Å². The average Bonchev–Trinajstić information content (AvgIpc) is 2.37. The van der Waals surface area contributed by atoms with Crippen LogP contribution in [0.25, 0.3) is 11.1 Å². The predicted molar refractivity (Wildman–Crippen MR) is 77.3 cm³/mol. The van der Waals surface area contributed by atoms with Gasteiger partial charge in [-0.25, -0.2) is 4.39 Å². The molecule has 0 radical (unpaired) electrons. The normalized spacial score (nSPS) is 10.7. The van der Waals surface area contributed by atoms with Crippen LogP contribution in [0.5, 0.6) is 0 Å². The molecule has 0 aliphatic heterocycles. The molecular formula is C14H12BrClFN. The second-order valence-electron chi connectivity index (χ2n) is 3.95. The summed E-state index contributed by atoms with van der Waals surface area (Å²) in [7, 11) is 1.88. The molecule has 2 aromatic rings. The molecule has 18 heavy (non-hydrogen) atoms. The van der Waals surface area contributed by atoms with Crippen LogP contribution in [0, 0.1) is 5.82 Å². The second kappa shape index (κ2) is 5.83. The highest BCUT2D eigenvalue weighted by molar-refractivity contribution is 9.10. The zero-order valence-corrected chi connectivity index (χ0v) is 12.1. The van der Waals surface area contributed by atoms with Gasteiger partial charge in [-0.1, -0.05) is 35.9 Å². The van der Waals surface area contributed by atoms with Gasteiger partial charge < -0.3 is 5.32 Å². The lowest BCUT2D eigenvalue weighted by Crippen LogP contribution is -2.04. The van der Waals surface area contributed by atoms with Crippen LogP contribution in [0.4, 0.5) is 4.39 Å². The smallest absolute Gasteiger partial charge is 0.150 e. The zero-order valence-electron chi connectivity index (χ0n) is 9.81. The van der Waals surface area contributed by atoms with Crippen LogP contribution < -0.4 is 5.32 Å². The maximum Gasteiger partial charge on any atom is 0.150 e. The molecule has 0 aromatic heterocycles. The summed E-state index contributed by atoms with van der Waals surface area (Å²) in [6.45, 7) is 0.750. The lowest BCUT2D eigenvalue weighted by molar-refractivity contribution is 0.631. The number of nitrogens with one attached hydrogen (secondary N) is 1. The summed E-state index contributed by atoms with van der Waals surface area (Å²) in [6.07, 6.45) is 0. The highest BCUT2D eigenvalue weighted by atomic mass is 79.9. The van der Waals surface area contributed by atoms with Gasteiger partial charge in [0.25, 0.3) is 0 Å². The number of rotatable bonds is 3. The molecule has 94 valence electrons. The van der Waals surface area contributed by atoms with E-state index in [1.54, 1.807) is 12.1 Å². The van der Waals surface area contributed by atoms with E-state index in [1.165, 1.54) is 0 Å². The Morgan fingerprint density at radius 2 is 2.06 bits per heavy atom. The highest BCUT2D eigenvalue weighted by Gasteiger charge is 2.11. The van der Waals surface area contributed by atoms with E-state index in [0.717, 1.165) is 17.7 Å². The summed E-state index contributed by atoms with van der Waals surface area (Å²) in [4.78, 5) is 0. The van der Waals surface area contributed by atoms with Gasteiger partial charge in [0.1, 0.15) is 0 Å². The first kappa shape index (κ1) is 13.5. The van der Waals surface area contributed by atoms with Crippen LogP contribution in [-0.4, -0.2) is 7.05 Å². The van der Waals surface area contributed by atoms with Crippen LogP contribution in [0.1, 0.15) is 5.56 Å². The monoisotopic (exact) mass is 327 g/mol. The van der Waals surface area contributed by atoms with Crippen LogP contribution in [0.2, 0.25) is 5.02 Å². The van der Waals surface area contributed by atoms with Crippen molar-refractivity contribution in [2.24, 2.45) is 0 Å². The van der Waals surface area contributed by atoms with Gasteiger partial charge in [-0.2, -0.15) is 0 Å². The maximum atomic E-state index is 14.1. The molecule has 4 heteroatoms. The molecule has 0 atom stereocenters. The molecule has 0 fully saturated rings. The molecule has 1 N–H and O–H groups in total. The number of hydrogen-bond donors (Lipinski definition) is 1. The van der Waals surface area contributed by atoms with Crippen molar-refractivity contribution in [1.29, 1.82) is 0 Å². The largest absolute Gasteiger partial charge is 0.316 e. The Morgan fingerprint density at radius 3 is 2.78 bits per heavy atom. The summed E-state index contributed by atoms with van der Waals surface area (Å²) in [5.41, 5.74) is 2.45. The van der Waals surface area contributed by atoms with Gasteiger partial charge in [-0.3, -0.25) is 0 Å². The number of hydrogen-bond acceptors (Lipinski definition) is 1. The number of benzene rings is 2. The fraction of sp³-hybridized carbons (Fsp3) is 0.143. The standard InChI is InChI=1S/C14H12BrClFN/c1-18-8-9-3-2-4-10(7-9)11-5-6-12(15)13(16)14(11)17/h2-7,18H,8H2,1H3. The summed E-state index contributed by atoms with van der Waals surface area (Å²) in [5.74, 6) is -0.396. The lowest BCUT2D eigenvalue weighted by atomic mass is 10.0. The summed E-state index contributed by atoms with van der Waals surface area (Å²) in [6, 6.07) is 11.2. The van der Waals surface area contributed by atoms with E-state index in [2.05, 4.69) is 21.2 Å². The van der Waals surface area contributed by atoms with Crippen LogP contribution in [0.3, 0.4) is 0 Å². The Balaban J connectivity index is 2.48. The molecule has 0 aliphatic rings. The third-order valence-electron chi connectivity index (χ3n) is 2.65. The van der Waals surface area contributed by atoms with Crippen molar-refractivity contribution < 1.29 is 4.39 Å². The predicted octanol–water partition coefficient (Wildman–Crippen LogP) is 4.63. The van der Waals surface area contributed by atoms with Gasteiger partial charge in [0.05, 0.1) is 5.02 Å². The molecule has 0 aliphatic carbocycles. The Labute approximate surface area is 119 Å². The summed E-state index contributed by atoms with van der Waals surface area (Å²) in [5, 5.41) is 3.19. The Bertz CT molecular complexity index is 572. The third kappa shape index (κ3) is 2.74. The van der Waals surface area contributed by atoms with Crippen LogP contribution >= 0.6 is 27.5 Å². The SMILES string of the molecule is CNCc1cccc(-c2ccc(Br)c(Cl)c2F)c1. The Morgan fingerprint density at radius 1 is 1.28 bits per heavy atom. The van der Waals surface area contributed by atoms with Crippen molar-refractivity contribution in [3.05, 3.63) is 57.3 Å². The Kier molecular flexibility index (Phi) is 4.38. The topological polar surface area (TPSA) is 12.0 Å². The zero-order chi connectivity index (χ0) is 13.1. The van der Waals surface area contributed by atoms with E-state index < -0.39 is 5.82 Å². The van der Waals surface area contributed by atoms with Gasteiger partial charge >= 0.3 is 0 Å². The van der Waals surface area contributed by atoms with E-state index in [1.807, 2.05) is 31.3 Å². The summed E-state index contributed by atoms with van der Waals surface area (Å²) >= 11 is 9.11. The molecule has 0 heterocycles. The number of halogens is 3. The highest BCUT2D eigenvalue weighted by Crippen LogP contribution is 2.33. The first-order valence-electron chi connectivity index (χ1n) is 5.51. The fourth-order valence-corrected chi connectivity index (χ4v) is 2.27. The Hall–Kier alpha value is -0.900.